The van der Waals surface area contributed by atoms with E-state index in [1.807, 2.05) is 32.0 Å². The summed E-state index contributed by atoms with van der Waals surface area (Å²) in [6.07, 6.45) is 5.88. The Bertz CT molecular complexity index is 1750. The molecule has 2 saturated carbocycles. The van der Waals surface area contributed by atoms with E-state index in [1.165, 1.54) is 18.3 Å². The maximum Gasteiger partial charge on any atom is 0.332 e. The standard InChI is InChI=1S/C28H29N11O3/c1-14-6-7-29-26(32-14)17-8-18(17)27(41)35-22-11-21(30-13-31-22)33-15(2)19-9-23-34-20(16-4-5-16)10-24(39(23)36-19)38-12-25(40)37(3)28(38)42/h6-7,9-11,13,15-18H,4-5,8,12H2,1-3H3,(H2,30,31,33,35,41)/t15-,17-,18-/m0/s1. The van der Waals surface area contributed by atoms with Gasteiger partial charge in [0.05, 0.1) is 11.7 Å². The molecule has 4 aromatic rings. The second kappa shape index (κ2) is 9.82. The molecule has 7 rings (SSSR count). The largest absolute Gasteiger partial charge is 0.362 e. The number of aromatic nitrogens is 7. The number of hydrogen-bond acceptors (Lipinski definition) is 10. The fourth-order valence-corrected chi connectivity index (χ4v) is 5.20. The van der Waals surface area contributed by atoms with E-state index in [-0.39, 0.29) is 36.2 Å². The summed E-state index contributed by atoms with van der Waals surface area (Å²) in [5.74, 6) is 1.85. The highest BCUT2D eigenvalue weighted by Crippen LogP contribution is 2.46. The van der Waals surface area contributed by atoms with Crippen LogP contribution in [0.3, 0.4) is 0 Å². The van der Waals surface area contributed by atoms with E-state index in [9.17, 15) is 14.4 Å². The predicted octanol–water partition coefficient (Wildman–Crippen LogP) is 2.81. The fourth-order valence-electron chi connectivity index (χ4n) is 5.20. The molecule has 0 aromatic carbocycles. The van der Waals surface area contributed by atoms with Gasteiger partial charge in [0, 0.05) is 60.6 Å². The van der Waals surface area contributed by atoms with Gasteiger partial charge in [0.15, 0.2) is 5.65 Å². The molecule has 3 aliphatic rings. The maximum absolute atomic E-state index is 12.9. The minimum atomic E-state index is -0.392. The number of nitrogens with zero attached hydrogens (tertiary/aromatic N) is 9. The fraction of sp³-hybridized carbons (Fsp3) is 0.393. The molecular weight excluding hydrogens is 538 g/mol. The molecule has 3 fully saturated rings. The van der Waals surface area contributed by atoms with E-state index in [0.717, 1.165) is 29.1 Å². The third kappa shape index (κ3) is 4.78. The van der Waals surface area contributed by atoms with Crippen LogP contribution in [0.1, 0.15) is 67.0 Å². The van der Waals surface area contributed by atoms with Crippen LogP contribution in [0.15, 0.2) is 36.8 Å². The van der Waals surface area contributed by atoms with Crippen LogP contribution in [0.4, 0.5) is 22.2 Å². The number of fused-ring (bicyclic) bond motifs is 1. The quantitative estimate of drug-likeness (QED) is 0.303. The zero-order valence-corrected chi connectivity index (χ0v) is 23.4. The lowest BCUT2D eigenvalue weighted by Crippen LogP contribution is -2.31. The van der Waals surface area contributed by atoms with Crippen molar-refractivity contribution in [3.8, 4) is 0 Å². The summed E-state index contributed by atoms with van der Waals surface area (Å²) in [5.41, 5.74) is 3.04. The zero-order valence-electron chi connectivity index (χ0n) is 23.4. The average molecular weight is 568 g/mol. The number of carbonyl (C=O) groups is 3. The smallest absolute Gasteiger partial charge is 0.332 e. The van der Waals surface area contributed by atoms with Crippen LogP contribution in [0.2, 0.25) is 0 Å². The van der Waals surface area contributed by atoms with E-state index >= 15 is 0 Å². The van der Waals surface area contributed by atoms with Crippen LogP contribution in [-0.2, 0) is 9.59 Å². The first kappa shape index (κ1) is 25.9. The van der Waals surface area contributed by atoms with E-state index in [1.54, 1.807) is 16.8 Å². The van der Waals surface area contributed by atoms with E-state index < -0.39 is 6.03 Å². The van der Waals surface area contributed by atoms with Crippen LogP contribution in [0, 0.1) is 12.8 Å². The SMILES string of the molecule is Cc1ccnc([C@H]2C[C@@H]2C(=O)Nc2cc(N[C@@H](C)c3cc4nc(C5CC5)cc(N5CC(=O)N(C)C5=O)n4n3)ncn2)n1. The highest BCUT2D eigenvalue weighted by molar-refractivity contribution is 6.11. The van der Waals surface area contributed by atoms with Crippen molar-refractivity contribution < 1.29 is 14.4 Å². The van der Waals surface area contributed by atoms with Crippen molar-refractivity contribution in [3.63, 3.8) is 0 Å². The highest BCUT2D eigenvalue weighted by atomic mass is 16.2. The number of urea groups is 1. The molecule has 2 N–H and O–H groups in total. The summed E-state index contributed by atoms with van der Waals surface area (Å²) >= 11 is 0. The topological polar surface area (TPSA) is 164 Å². The molecule has 5 heterocycles. The lowest BCUT2D eigenvalue weighted by atomic mass is 10.2. The van der Waals surface area contributed by atoms with Crippen LogP contribution in [0.25, 0.3) is 5.65 Å². The first-order valence-electron chi connectivity index (χ1n) is 13.9. The average Bonchev–Trinajstić information content (AvgIpc) is 3.90. The van der Waals surface area contributed by atoms with Gasteiger partial charge in [-0.1, -0.05) is 0 Å². The number of aryl methyl sites for hydroxylation is 1. The highest BCUT2D eigenvalue weighted by Gasteiger charge is 2.46. The Morgan fingerprint density at radius 1 is 1.07 bits per heavy atom. The number of imide groups is 1. The van der Waals surface area contributed by atoms with Gasteiger partial charge in [-0.2, -0.15) is 9.61 Å². The molecule has 1 saturated heterocycles. The lowest BCUT2D eigenvalue weighted by molar-refractivity contribution is -0.124. The molecular formula is C28H29N11O3. The van der Waals surface area contributed by atoms with Gasteiger partial charge < -0.3 is 10.6 Å². The van der Waals surface area contributed by atoms with Gasteiger partial charge in [-0.05, 0) is 39.2 Å². The summed E-state index contributed by atoms with van der Waals surface area (Å²) < 4.78 is 1.61. The number of amides is 4. The maximum atomic E-state index is 12.9. The normalized spacial score (nSPS) is 20.7. The van der Waals surface area contributed by atoms with Gasteiger partial charge in [0.2, 0.25) is 5.91 Å². The second-order valence-electron chi connectivity index (χ2n) is 11.1. The van der Waals surface area contributed by atoms with Crippen molar-refractivity contribution in [2.24, 2.45) is 5.92 Å². The van der Waals surface area contributed by atoms with Crippen molar-refractivity contribution >= 4 is 40.9 Å². The van der Waals surface area contributed by atoms with Crippen LogP contribution in [-0.4, -0.2) is 70.9 Å². The first-order chi connectivity index (χ1) is 20.2. The molecule has 2 aliphatic carbocycles. The zero-order chi connectivity index (χ0) is 29.1. The molecule has 3 atom stereocenters. The minimum Gasteiger partial charge on any atom is -0.362 e. The summed E-state index contributed by atoms with van der Waals surface area (Å²) in [5, 5.41) is 10.9. The molecule has 14 heteroatoms. The Morgan fingerprint density at radius 3 is 2.62 bits per heavy atom. The third-order valence-corrected chi connectivity index (χ3v) is 7.90. The number of carbonyl (C=O) groups excluding carboxylic acids is 3. The molecule has 1 aliphatic heterocycles. The van der Waals surface area contributed by atoms with Gasteiger partial charge in [0.1, 0.15) is 36.2 Å². The number of likely N-dealkylation sites (N-methyl/N-ethyl adjacent to an activating group) is 1. The summed E-state index contributed by atoms with van der Waals surface area (Å²) in [7, 11) is 1.48. The van der Waals surface area contributed by atoms with Crippen LogP contribution < -0.4 is 15.5 Å². The second-order valence-corrected chi connectivity index (χ2v) is 11.1. The van der Waals surface area contributed by atoms with Gasteiger partial charge in [-0.3, -0.25) is 19.4 Å². The van der Waals surface area contributed by atoms with Crippen molar-refractivity contribution in [1.82, 2.24) is 39.4 Å². The van der Waals surface area contributed by atoms with Crippen molar-refractivity contribution in [2.45, 2.75) is 51.0 Å². The van der Waals surface area contributed by atoms with Gasteiger partial charge >= 0.3 is 6.03 Å². The molecule has 4 amide bonds. The summed E-state index contributed by atoms with van der Waals surface area (Å²) in [4.78, 5) is 62.5. The monoisotopic (exact) mass is 567 g/mol. The lowest BCUT2D eigenvalue weighted by Gasteiger charge is -2.17. The Morgan fingerprint density at radius 2 is 1.88 bits per heavy atom. The minimum absolute atomic E-state index is 0.00714. The molecule has 4 aromatic heterocycles. The van der Waals surface area contributed by atoms with Crippen LogP contribution >= 0.6 is 0 Å². The van der Waals surface area contributed by atoms with E-state index in [0.29, 0.717) is 47.0 Å². The van der Waals surface area contributed by atoms with Crippen LogP contribution in [0.5, 0.6) is 0 Å². The predicted molar refractivity (Wildman–Crippen MR) is 151 cm³/mol. The Balaban J connectivity index is 1.08. The van der Waals surface area contributed by atoms with E-state index in [2.05, 4.69) is 30.6 Å². The molecule has 14 nitrogen and oxygen atoms in total. The number of hydrogen-bond donors (Lipinski definition) is 2. The summed E-state index contributed by atoms with van der Waals surface area (Å²) in [6, 6.07) is 6.54. The molecule has 0 radical (unpaired) electrons. The molecule has 0 bridgehead atoms. The Kier molecular flexibility index (Phi) is 6.06. The molecule has 42 heavy (non-hydrogen) atoms. The molecule has 214 valence electrons. The first-order valence-corrected chi connectivity index (χ1v) is 13.9. The van der Waals surface area contributed by atoms with E-state index in [4.69, 9.17) is 10.1 Å². The molecule has 0 unspecified atom stereocenters. The van der Waals surface area contributed by atoms with Crippen molar-refractivity contribution in [2.75, 3.05) is 29.1 Å². The number of rotatable bonds is 8. The molecule has 0 spiro atoms. The van der Waals surface area contributed by atoms with Crippen molar-refractivity contribution in [3.05, 3.63) is 59.7 Å². The Labute approximate surface area is 240 Å². The van der Waals surface area contributed by atoms with Gasteiger partial charge in [-0.25, -0.2) is 29.7 Å². The van der Waals surface area contributed by atoms with Gasteiger partial charge in [-0.15, -0.1) is 0 Å². The van der Waals surface area contributed by atoms with Crippen molar-refractivity contribution in [1.29, 1.82) is 0 Å². The summed E-state index contributed by atoms with van der Waals surface area (Å²) in [6.45, 7) is 3.79. The number of nitrogens with one attached hydrogen (secondary N) is 2. The number of anilines is 3. The van der Waals surface area contributed by atoms with Gasteiger partial charge in [0.25, 0.3) is 5.91 Å². The third-order valence-electron chi connectivity index (χ3n) is 7.90. The Hall–Kier alpha value is -5.01.